The number of nitrogens with one attached hydrogen (secondary N) is 1. The number of benzene rings is 2. The molecular formula is C17H11ClN8O3. The minimum atomic E-state index is -0.565. The molecule has 0 atom stereocenters. The molecule has 12 heteroatoms. The van der Waals surface area contributed by atoms with Crippen LogP contribution in [0, 0.1) is 21.4 Å². The van der Waals surface area contributed by atoms with Crippen LogP contribution in [-0.4, -0.2) is 37.3 Å². The molecule has 29 heavy (non-hydrogen) atoms. The van der Waals surface area contributed by atoms with Gasteiger partial charge < -0.3 is 0 Å². The number of nitriles is 1. The van der Waals surface area contributed by atoms with E-state index in [0.29, 0.717) is 11.1 Å². The third-order valence-electron chi connectivity index (χ3n) is 3.61. The Labute approximate surface area is 168 Å². The van der Waals surface area contributed by atoms with Crippen LogP contribution in [0.1, 0.15) is 11.1 Å². The number of nitro groups is 1. The number of tetrazole rings is 1. The first-order chi connectivity index (χ1) is 14.0. The smallest absolute Gasteiger partial charge is 0.270 e. The molecule has 0 fully saturated rings. The summed E-state index contributed by atoms with van der Waals surface area (Å²) in [6.07, 6.45) is 1.19. The van der Waals surface area contributed by atoms with Gasteiger partial charge in [-0.15, -0.1) is 10.2 Å². The van der Waals surface area contributed by atoms with E-state index in [9.17, 15) is 14.9 Å². The maximum atomic E-state index is 12.0. The Hall–Kier alpha value is -4.17. The number of rotatable bonds is 6. The first-order valence-electron chi connectivity index (χ1n) is 8.01. The first kappa shape index (κ1) is 19.6. The lowest BCUT2D eigenvalue weighted by Crippen LogP contribution is -2.24. The van der Waals surface area contributed by atoms with Crippen LogP contribution in [-0.2, 0) is 11.3 Å². The number of hydrogen-bond donors (Lipinski definition) is 1. The summed E-state index contributed by atoms with van der Waals surface area (Å²) in [6.45, 7) is -0.276. The van der Waals surface area contributed by atoms with E-state index >= 15 is 0 Å². The Morgan fingerprint density at radius 2 is 2.17 bits per heavy atom. The number of nitro benzene ring substituents is 1. The van der Waals surface area contributed by atoms with Crippen LogP contribution in [0.3, 0.4) is 0 Å². The lowest BCUT2D eigenvalue weighted by Gasteiger charge is -2.00. The Bertz CT molecular complexity index is 1150. The molecule has 0 saturated heterocycles. The van der Waals surface area contributed by atoms with E-state index in [2.05, 4.69) is 25.9 Å². The molecule has 1 heterocycles. The zero-order valence-corrected chi connectivity index (χ0v) is 15.3. The van der Waals surface area contributed by atoms with E-state index in [4.69, 9.17) is 16.9 Å². The zero-order chi connectivity index (χ0) is 20.8. The number of nitrogens with zero attached hydrogens (tertiary/aromatic N) is 7. The highest BCUT2D eigenvalue weighted by atomic mass is 35.5. The molecule has 3 aromatic rings. The molecule has 1 N–H and O–H groups in total. The van der Waals surface area contributed by atoms with Gasteiger partial charge in [-0.05, 0) is 23.4 Å². The van der Waals surface area contributed by atoms with Gasteiger partial charge in [0.25, 0.3) is 11.6 Å². The highest BCUT2D eigenvalue weighted by Crippen LogP contribution is 2.20. The second-order valence-electron chi connectivity index (χ2n) is 5.56. The van der Waals surface area contributed by atoms with Gasteiger partial charge >= 0.3 is 0 Å². The summed E-state index contributed by atoms with van der Waals surface area (Å²) in [5.74, 6) is -0.345. The maximum absolute atomic E-state index is 12.0. The van der Waals surface area contributed by atoms with E-state index in [-0.39, 0.29) is 28.6 Å². The van der Waals surface area contributed by atoms with Crippen LogP contribution in [0.5, 0.6) is 0 Å². The van der Waals surface area contributed by atoms with Crippen molar-refractivity contribution in [2.75, 3.05) is 0 Å². The first-order valence-corrected chi connectivity index (χ1v) is 8.39. The summed E-state index contributed by atoms with van der Waals surface area (Å²) in [5, 5.41) is 35.6. The Kier molecular flexibility index (Phi) is 5.86. The number of amides is 1. The highest BCUT2D eigenvalue weighted by molar-refractivity contribution is 6.33. The molecule has 2 aromatic carbocycles. The van der Waals surface area contributed by atoms with Gasteiger partial charge in [-0.3, -0.25) is 14.9 Å². The summed E-state index contributed by atoms with van der Waals surface area (Å²) >= 11 is 5.95. The third kappa shape index (κ3) is 4.76. The molecule has 1 aromatic heterocycles. The molecular weight excluding hydrogens is 400 g/mol. The van der Waals surface area contributed by atoms with E-state index < -0.39 is 10.8 Å². The predicted octanol–water partition coefficient (Wildman–Crippen LogP) is 1.92. The molecule has 0 unspecified atom stereocenters. The predicted molar refractivity (Wildman–Crippen MR) is 102 cm³/mol. The van der Waals surface area contributed by atoms with Gasteiger partial charge in [0.05, 0.1) is 22.8 Å². The van der Waals surface area contributed by atoms with Gasteiger partial charge in [0.1, 0.15) is 6.54 Å². The van der Waals surface area contributed by atoms with Gasteiger partial charge in [-0.25, -0.2) is 5.43 Å². The topological polar surface area (TPSA) is 152 Å². The number of aromatic nitrogens is 4. The van der Waals surface area contributed by atoms with E-state index in [1.165, 1.54) is 24.4 Å². The normalized spacial score (nSPS) is 10.6. The summed E-state index contributed by atoms with van der Waals surface area (Å²) < 4.78 is 0. The largest absolute Gasteiger partial charge is 0.271 e. The second kappa shape index (κ2) is 8.68. The van der Waals surface area contributed by atoms with Crippen LogP contribution in [0.25, 0.3) is 11.4 Å². The third-order valence-corrected chi connectivity index (χ3v) is 3.95. The highest BCUT2D eigenvalue weighted by Gasteiger charge is 2.12. The lowest BCUT2D eigenvalue weighted by molar-refractivity contribution is -0.384. The van der Waals surface area contributed by atoms with Crippen molar-refractivity contribution in [1.82, 2.24) is 25.6 Å². The fraction of sp³-hybridized carbons (Fsp3) is 0.0588. The Morgan fingerprint density at radius 3 is 2.93 bits per heavy atom. The Morgan fingerprint density at radius 1 is 1.38 bits per heavy atom. The SMILES string of the molecule is N#Cc1ccccc1-c1nnn(CC(=O)N/N=C/c2cc([N+](=O)[O-])ccc2Cl)n1. The van der Waals surface area contributed by atoms with Crippen molar-refractivity contribution in [3.63, 3.8) is 0 Å². The average Bonchev–Trinajstić information content (AvgIpc) is 3.17. The molecule has 0 aliphatic carbocycles. The van der Waals surface area contributed by atoms with Crippen molar-refractivity contribution in [3.8, 4) is 17.5 Å². The van der Waals surface area contributed by atoms with Gasteiger partial charge in [-0.2, -0.15) is 15.2 Å². The molecule has 0 saturated carbocycles. The number of carbonyl (C=O) groups is 1. The molecule has 0 radical (unpaired) electrons. The maximum Gasteiger partial charge on any atom is 0.270 e. The Balaban J connectivity index is 1.64. The van der Waals surface area contributed by atoms with Crippen LogP contribution in [0.4, 0.5) is 5.69 Å². The van der Waals surface area contributed by atoms with Crippen molar-refractivity contribution in [1.29, 1.82) is 5.26 Å². The van der Waals surface area contributed by atoms with Crippen LogP contribution in [0.2, 0.25) is 5.02 Å². The van der Waals surface area contributed by atoms with E-state index in [0.717, 1.165) is 4.80 Å². The molecule has 0 spiro atoms. The van der Waals surface area contributed by atoms with Crippen LogP contribution < -0.4 is 5.43 Å². The molecule has 0 bridgehead atoms. The second-order valence-corrected chi connectivity index (χ2v) is 5.96. The van der Waals surface area contributed by atoms with E-state index in [1.54, 1.807) is 24.3 Å². The number of carbonyl (C=O) groups excluding carboxylic acids is 1. The molecule has 3 rings (SSSR count). The standard InChI is InChI=1S/C17H11ClN8O3/c18-15-6-5-13(26(28)29)7-12(15)9-20-21-16(27)10-25-23-17(22-24-25)14-4-2-1-3-11(14)8-19/h1-7,9H,10H2,(H,21,27)/b20-9+. The molecule has 144 valence electrons. The quantitative estimate of drug-likeness (QED) is 0.370. The minimum absolute atomic E-state index is 0.154. The molecule has 0 aliphatic heterocycles. The lowest BCUT2D eigenvalue weighted by atomic mass is 10.1. The summed E-state index contributed by atoms with van der Waals surface area (Å²) in [4.78, 5) is 23.3. The zero-order valence-electron chi connectivity index (χ0n) is 14.6. The number of halogens is 1. The van der Waals surface area contributed by atoms with Crippen LogP contribution in [0.15, 0.2) is 47.6 Å². The summed E-state index contributed by atoms with van der Waals surface area (Å²) in [5.41, 5.74) is 3.25. The van der Waals surface area contributed by atoms with Gasteiger partial charge in [0.2, 0.25) is 5.82 Å². The summed E-state index contributed by atoms with van der Waals surface area (Å²) in [7, 11) is 0. The monoisotopic (exact) mass is 410 g/mol. The molecule has 1 amide bonds. The number of non-ortho nitro benzene ring substituents is 1. The van der Waals surface area contributed by atoms with Crippen molar-refractivity contribution in [3.05, 3.63) is 68.7 Å². The molecule has 0 aliphatic rings. The number of hydrazone groups is 1. The fourth-order valence-corrected chi connectivity index (χ4v) is 2.44. The van der Waals surface area contributed by atoms with Crippen molar-refractivity contribution < 1.29 is 9.72 Å². The van der Waals surface area contributed by atoms with E-state index in [1.807, 2.05) is 6.07 Å². The van der Waals surface area contributed by atoms with Crippen molar-refractivity contribution >= 4 is 29.4 Å². The van der Waals surface area contributed by atoms with Gasteiger partial charge in [0.15, 0.2) is 0 Å². The van der Waals surface area contributed by atoms with Gasteiger partial charge in [-0.1, -0.05) is 23.7 Å². The minimum Gasteiger partial charge on any atom is -0.271 e. The van der Waals surface area contributed by atoms with Crippen LogP contribution >= 0.6 is 11.6 Å². The van der Waals surface area contributed by atoms with Crippen molar-refractivity contribution in [2.24, 2.45) is 5.10 Å². The molecule has 11 nitrogen and oxygen atoms in total. The summed E-state index contributed by atoms with van der Waals surface area (Å²) in [6, 6.07) is 12.6. The van der Waals surface area contributed by atoms with Crippen molar-refractivity contribution in [2.45, 2.75) is 6.54 Å². The fourth-order valence-electron chi connectivity index (χ4n) is 2.27. The van der Waals surface area contributed by atoms with Gasteiger partial charge in [0, 0.05) is 28.3 Å². The average molecular weight is 411 g/mol. The number of hydrogen-bond acceptors (Lipinski definition) is 8.